The van der Waals surface area contributed by atoms with Crippen molar-refractivity contribution in [1.82, 2.24) is 4.57 Å². The normalized spacial score (nSPS) is 11.9. The summed E-state index contributed by atoms with van der Waals surface area (Å²) < 4.78 is 2.16. The maximum atomic E-state index is 2.34. The summed E-state index contributed by atoms with van der Waals surface area (Å²) in [6.45, 7) is 0. The van der Waals surface area contributed by atoms with Crippen LogP contribution in [0.3, 0.4) is 0 Å². The predicted molar refractivity (Wildman–Crippen MR) is 108 cm³/mol. The van der Waals surface area contributed by atoms with E-state index in [4.69, 9.17) is 0 Å². The van der Waals surface area contributed by atoms with Gasteiger partial charge in [0, 0.05) is 24.6 Å². The third-order valence-electron chi connectivity index (χ3n) is 5.20. The Kier molecular flexibility index (Phi) is 3.42. The van der Waals surface area contributed by atoms with Crippen molar-refractivity contribution < 1.29 is 0 Å². The Morgan fingerprint density at radius 1 is 0.692 bits per heavy atom. The second-order valence-electron chi connectivity index (χ2n) is 6.82. The van der Waals surface area contributed by atoms with Crippen LogP contribution in [0.1, 0.15) is 11.1 Å². The Morgan fingerprint density at radius 2 is 1.46 bits per heavy atom. The summed E-state index contributed by atoms with van der Waals surface area (Å²) in [6, 6.07) is 30.4. The number of rotatable bonds is 3. The molecule has 0 fully saturated rings. The molecule has 1 heterocycles. The number of anilines is 3. The van der Waals surface area contributed by atoms with Gasteiger partial charge in [-0.2, -0.15) is 0 Å². The van der Waals surface area contributed by atoms with Crippen LogP contribution in [0, 0.1) is 0 Å². The van der Waals surface area contributed by atoms with Gasteiger partial charge >= 0.3 is 0 Å². The van der Waals surface area contributed by atoms with Gasteiger partial charge in [0.2, 0.25) is 0 Å². The highest BCUT2D eigenvalue weighted by atomic mass is 15.2. The average Bonchev–Trinajstić information content (AvgIpc) is 3.26. The molecule has 26 heavy (non-hydrogen) atoms. The first kappa shape index (κ1) is 15.0. The first-order chi connectivity index (χ1) is 12.8. The fraction of sp³-hybridized carbons (Fsp3) is 0.0833. The summed E-state index contributed by atoms with van der Waals surface area (Å²) in [7, 11) is 2.09. The molecule has 0 aliphatic heterocycles. The molecule has 0 spiro atoms. The second kappa shape index (κ2) is 5.92. The molecule has 3 aromatic carbocycles. The quantitative estimate of drug-likeness (QED) is 0.388. The summed E-state index contributed by atoms with van der Waals surface area (Å²) in [6.07, 6.45) is 3.10. The summed E-state index contributed by atoms with van der Waals surface area (Å²) in [5, 5.41) is 0. The summed E-state index contributed by atoms with van der Waals surface area (Å²) >= 11 is 0. The zero-order valence-electron chi connectivity index (χ0n) is 14.8. The molecular formula is C24H20N2. The molecule has 0 saturated heterocycles. The topological polar surface area (TPSA) is 8.17 Å². The van der Waals surface area contributed by atoms with Crippen molar-refractivity contribution >= 4 is 17.2 Å². The van der Waals surface area contributed by atoms with Gasteiger partial charge in [-0.05, 0) is 65.1 Å². The smallest absolute Gasteiger partial charge is 0.117 e. The molecule has 0 bridgehead atoms. The van der Waals surface area contributed by atoms with Crippen molar-refractivity contribution in [3.8, 4) is 11.1 Å². The van der Waals surface area contributed by atoms with Gasteiger partial charge in [-0.1, -0.05) is 48.5 Å². The molecule has 2 heteroatoms. The first-order valence-corrected chi connectivity index (χ1v) is 8.99. The van der Waals surface area contributed by atoms with E-state index in [9.17, 15) is 0 Å². The van der Waals surface area contributed by atoms with Crippen LogP contribution in [-0.4, -0.2) is 4.57 Å². The third kappa shape index (κ3) is 2.34. The molecule has 4 aromatic rings. The van der Waals surface area contributed by atoms with Gasteiger partial charge in [-0.3, -0.25) is 4.90 Å². The maximum absolute atomic E-state index is 2.34. The number of aromatic nitrogens is 1. The largest absolute Gasteiger partial charge is 0.337 e. The van der Waals surface area contributed by atoms with Crippen LogP contribution in [0.25, 0.3) is 11.1 Å². The van der Waals surface area contributed by atoms with Crippen molar-refractivity contribution in [2.45, 2.75) is 6.42 Å². The van der Waals surface area contributed by atoms with Crippen molar-refractivity contribution in [2.24, 2.45) is 7.05 Å². The fourth-order valence-electron chi connectivity index (χ4n) is 3.95. The molecule has 0 N–H and O–H groups in total. The minimum atomic E-state index is 1.01. The van der Waals surface area contributed by atoms with Gasteiger partial charge in [0.15, 0.2) is 0 Å². The lowest BCUT2D eigenvalue weighted by molar-refractivity contribution is 0.912. The lowest BCUT2D eigenvalue weighted by atomic mass is 10.0. The molecule has 0 atom stereocenters. The standard InChI is InChI=1S/C24H20N2/c1-25-15-7-12-24(25)26(20-9-3-2-4-10-20)21-13-14-23-19(17-21)16-18-8-5-6-11-22(18)23/h2-15,17H,16H2,1H3. The van der Waals surface area contributed by atoms with E-state index in [1.165, 1.54) is 33.6 Å². The monoisotopic (exact) mass is 336 g/mol. The Hall–Kier alpha value is -3.26. The van der Waals surface area contributed by atoms with Gasteiger partial charge in [-0.15, -0.1) is 0 Å². The van der Waals surface area contributed by atoms with E-state index in [0.717, 1.165) is 12.2 Å². The Labute approximate surface area is 154 Å². The van der Waals surface area contributed by atoms with Crippen LogP contribution in [0.2, 0.25) is 0 Å². The summed E-state index contributed by atoms with van der Waals surface area (Å²) in [5.74, 6) is 1.16. The van der Waals surface area contributed by atoms with Crippen LogP contribution in [-0.2, 0) is 13.5 Å². The molecule has 0 unspecified atom stereocenters. The van der Waals surface area contributed by atoms with Crippen LogP contribution < -0.4 is 4.90 Å². The number of fused-ring (bicyclic) bond motifs is 3. The first-order valence-electron chi connectivity index (χ1n) is 8.99. The van der Waals surface area contributed by atoms with Gasteiger partial charge in [-0.25, -0.2) is 0 Å². The Morgan fingerprint density at radius 3 is 2.27 bits per heavy atom. The van der Waals surface area contributed by atoms with Gasteiger partial charge < -0.3 is 4.57 Å². The Balaban J connectivity index is 1.65. The van der Waals surface area contributed by atoms with E-state index in [2.05, 4.69) is 108 Å². The number of nitrogens with zero attached hydrogens (tertiary/aromatic N) is 2. The van der Waals surface area contributed by atoms with Crippen molar-refractivity contribution in [3.05, 3.63) is 102 Å². The molecule has 0 radical (unpaired) electrons. The molecule has 1 aliphatic rings. The van der Waals surface area contributed by atoms with Gasteiger partial charge in [0.1, 0.15) is 5.82 Å². The second-order valence-corrected chi connectivity index (χ2v) is 6.82. The van der Waals surface area contributed by atoms with Crippen LogP contribution in [0.5, 0.6) is 0 Å². The molecule has 0 saturated carbocycles. The summed E-state index contributed by atoms with van der Waals surface area (Å²) in [4.78, 5) is 2.32. The van der Waals surface area contributed by atoms with Crippen LogP contribution >= 0.6 is 0 Å². The highest BCUT2D eigenvalue weighted by Gasteiger charge is 2.21. The third-order valence-corrected chi connectivity index (χ3v) is 5.20. The fourth-order valence-corrected chi connectivity index (χ4v) is 3.95. The van der Waals surface area contributed by atoms with Crippen molar-refractivity contribution in [3.63, 3.8) is 0 Å². The zero-order chi connectivity index (χ0) is 17.5. The zero-order valence-corrected chi connectivity index (χ0v) is 14.8. The molecular weight excluding hydrogens is 316 g/mol. The van der Waals surface area contributed by atoms with Crippen molar-refractivity contribution in [1.29, 1.82) is 0 Å². The van der Waals surface area contributed by atoms with Crippen LogP contribution in [0.15, 0.2) is 91.1 Å². The lowest BCUT2D eigenvalue weighted by Gasteiger charge is -2.26. The Bertz CT molecular complexity index is 1080. The van der Waals surface area contributed by atoms with E-state index < -0.39 is 0 Å². The molecule has 0 amide bonds. The number of aryl methyl sites for hydroxylation is 1. The maximum Gasteiger partial charge on any atom is 0.117 e. The number of para-hydroxylation sites is 1. The SMILES string of the molecule is Cn1cccc1N(c1ccccc1)c1ccc2c(c1)Cc1ccccc1-2. The van der Waals surface area contributed by atoms with E-state index in [0.29, 0.717) is 0 Å². The minimum absolute atomic E-state index is 1.01. The average molecular weight is 336 g/mol. The predicted octanol–water partition coefficient (Wildman–Crippen LogP) is 6.07. The highest BCUT2D eigenvalue weighted by molar-refractivity contribution is 5.82. The van der Waals surface area contributed by atoms with Crippen molar-refractivity contribution in [2.75, 3.05) is 4.90 Å². The van der Waals surface area contributed by atoms with Gasteiger partial charge in [0.25, 0.3) is 0 Å². The molecule has 5 rings (SSSR count). The summed E-state index contributed by atoms with van der Waals surface area (Å²) in [5.41, 5.74) is 7.93. The van der Waals surface area contributed by atoms with E-state index in [1.807, 2.05) is 0 Å². The number of hydrogen-bond acceptors (Lipinski definition) is 1. The molecule has 2 nitrogen and oxygen atoms in total. The highest BCUT2D eigenvalue weighted by Crippen LogP contribution is 2.41. The number of benzene rings is 3. The van der Waals surface area contributed by atoms with E-state index in [-0.39, 0.29) is 0 Å². The van der Waals surface area contributed by atoms with Crippen LogP contribution in [0.4, 0.5) is 17.2 Å². The van der Waals surface area contributed by atoms with E-state index in [1.54, 1.807) is 0 Å². The molecule has 1 aliphatic carbocycles. The minimum Gasteiger partial charge on any atom is -0.337 e. The number of hydrogen-bond donors (Lipinski definition) is 0. The molecule has 126 valence electrons. The van der Waals surface area contributed by atoms with Gasteiger partial charge in [0.05, 0.1) is 0 Å². The van der Waals surface area contributed by atoms with E-state index >= 15 is 0 Å². The molecule has 1 aromatic heterocycles. The lowest BCUT2D eigenvalue weighted by Crippen LogP contribution is -2.13.